The number of tetrazole rings is 1. The lowest BCUT2D eigenvalue weighted by atomic mass is 10.1. The first kappa shape index (κ1) is 16.6. The SMILES string of the molecule is O=C(NCCNC1CCCCCC1)c1cccc(-n2cnnn2)c1. The molecule has 0 bridgehead atoms. The Bertz CT molecular complexity index is 634. The lowest BCUT2D eigenvalue weighted by Gasteiger charge is -2.16. The number of rotatable bonds is 6. The lowest BCUT2D eigenvalue weighted by Crippen LogP contribution is -2.36. The molecule has 2 N–H and O–H groups in total. The van der Waals surface area contributed by atoms with Crippen LogP contribution in [-0.2, 0) is 0 Å². The van der Waals surface area contributed by atoms with Crippen LogP contribution in [0.2, 0.25) is 0 Å². The maximum absolute atomic E-state index is 12.3. The van der Waals surface area contributed by atoms with Crippen molar-refractivity contribution in [1.82, 2.24) is 30.8 Å². The van der Waals surface area contributed by atoms with Gasteiger partial charge in [-0.25, -0.2) is 4.68 Å². The molecule has 7 heteroatoms. The van der Waals surface area contributed by atoms with Crippen molar-refractivity contribution in [2.45, 2.75) is 44.6 Å². The summed E-state index contributed by atoms with van der Waals surface area (Å²) in [6.07, 6.45) is 9.35. The number of aromatic nitrogens is 4. The Hall–Kier alpha value is -2.28. The molecule has 2 aromatic rings. The lowest BCUT2D eigenvalue weighted by molar-refractivity contribution is 0.0953. The van der Waals surface area contributed by atoms with Gasteiger partial charge in [-0.15, -0.1) is 5.10 Å². The zero-order chi connectivity index (χ0) is 16.6. The molecule has 0 saturated heterocycles. The second-order valence-corrected chi connectivity index (χ2v) is 6.20. The third-order valence-electron chi connectivity index (χ3n) is 4.42. The topological polar surface area (TPSA) is 84.7 Å². The van der Waals surface area contributed by atoms with Crippen LogP contribution in [0.5, 0.6) is 0 Å². The Morgan fingerprint density at radius 2 is 2.00 bits per heavy atom. The molecule has 128 valence electrons. The fourth-order valence-corrected chi connectivity index (χ4v) is 3.11. The van der Waals surface area contributed by atoms with E-state index in [2.05, 4.69) is 26.2 Å². The number of benzene rings is 1. The van der Waals surface area contributed by atoms with Gasteiger partial charge in [-0.1, -0.05) is 31.7 Å². The van der Waals surface area contributed by atoms with Crippen LogP contribution in [0.3, 0.4) is 0 Å². The van der Waals surface area contributed by atoms with E-state index in [1.54, 1.807) is 12.1 Å². The first-order valence-electron chi connectivity index (χ1n) is 8.68. The van der Waals surface area contributed by atoms with Crippen LogP contribution in [-0.4, -0.2) is 45.2 Å². The molecule has 1 saturated carbocycles. The van der Waals surface area contributed by atoms with Crippen LogP contribution >= 0.6 is 0 Å². The fourth-order valence-electron chi connectivity index (χ4n) is 3.11. The maximum Gasteiger partial charge on any atom is 0.251 e. The molecule has 1 amide bonds. The van der Waals surface area contributed by atoms with Gasteiger partial charge in [-0.05, 0) is 41.5 Å². The third kappa shape index (κ3) is 4.61. The Morgan fingerprint density at radius 1 is 1.17 bits per heavy atom. The molecular weight excluding hydrogens is 304 g/mol. The number of hydrogen-bond acceptors (Lipinski definition) is 5. The summed E-state index contributed by atoms with van der Waals surface area (Å²) in [5.41, 5.74) is 1.38. The van der Waals surface area contributed by atoms with Gasteiger partial charge in [0.25, 0.3) is 5.91 Å². The van der Waals surface area contributed by atoms with E-state index < -0.39 is 0 Å². The molecule has 3 rings (SSSR count). The number of hydrogen-bond donors (Lipinski definition) is 2. The van der Waals surface area contributed by atoms with E-state index in [-0.39, 0.29) is 5.91 Å². The quantitative estimate of drug-likeness (QED) is 0.623. The minimum Gasteiger partial charge on any atom is -0.351 e. The van der Waals surface area contributed by atoms with Gasteiger partial charge in [0, 0.05) is 24.7 Å². The van der Waals surface area contributed by atoms with E-state index in [1.165, 1.54) is 49.5 Å². The molecule has 0 radical (unpaired) electrons. The molecule has 1 fully saturated rings. The van der Waals surface area contributed by atoms with Crippen LogP contribution in [0.4, 0.5) is 0 Å². The number of amides is 1. The molecule has 1 aromatic heterocycles. The zero-order valence-corrected chi connectivity index (χ0v) is 13.8. The van der Waals surface area contributed by atoms with Gasteiger partial charge in [-0.2, -0.15) is 0 Å². The summed E-state index contributed by atoms with van der Waals surface area (Å²) < 4.78 is 1.53. The van der Waals surface area contributed by atoms with E-state index in [4.69, 9.17) is 0 Å². The summed E-state index contributed by atoms with van der Waals surface area (Å²) in [4.78, 5) is 12.3. The molecule has 1 aliphatic rings. The second kappa shape index (κ2) is 8.54. The van der Waals surface area contributed by atoms with Crippen molar-refractivity contribution >= 4 is 5.91 Å². The molecule has 1 aliphatic carbocycles. The predicted octanol–water partition coefficient (Wildman–Crippen LogP) is 1.70. The monoisotopic (exact) mass is 328 g/mol. The predicted molar refractivity (Wildman–Crippen MR) is 91.0 cm³/mol. The minimum atomic E-state index is -0.0763. The summed E-state index contributed by atoms with van der Waals surface area (Å²) in [5, 5.41) is 17.6. The molecule has 0 aliphatic heterocycles. The Labute approximate surface area is 141 Å². The van der Waals surface area contributed by atoms with Crippen molar-refractivity contribution < 1.29 is 4.79 Å². The summed E-state index contributed by atoms with van der Waals surface area (Å²) in [5.74, 6) is -0.0763. The molecule has 0 spiro atoms. The second-order valence-electron chi connectivity index (χ2n) is 6.20. The van der Waals surface area contributed by atoms with Crippen molar-refractivity contribution in [3.05, 3.63) is 36.2 Å². The van der Waals surface area contributed by atoms with E-state index in [0.717, 1.165) is 12.2 Å². The molecule has 1 heterocycles. The summed E-state index contributed by atoms with van der Waals surface area (Å²) >= 11 is 0. The van der Waals surface area contributed by atoms with Crippen LogP contribution in [0.25, 0.3) is 5.69 Å². The van der Waals surface area contributed by atoms with Gasteiger partial charge in [0.2, 0.25) is 0 Å². The highest BCUT2D eigenvalue weighted by atomic mass is 16.1. The van der Waals surface area contributed by atoms with Gasteiger partial charge in [0.15, 0.2) is 0 Å². The summed E-state index contributed by atoms with van der Waals surface area (Å²) in [7, 11) is 0. The standard InChI is InChI=1S/C17H24N6O/c24-17(19-11-10-18-15-7-3-1-2-4-8-15)14-6-5-9-16(12-14)23-13-20-21-22-23/h5-6,9,12-13,15,18H,1-4,7-8,10-11H2,(H,19,24). The van der Waals surface area contributed by atoms with Gasteiger partial charge >= 0.3 is 0 Å². The summed E-state index contributed by atoms with van der Waals surface area (Å²) in [6.45, 7) is 1.44. The van der Waals surface area contributed by atoms with Gasteiger partial charge < -0.3 is 10.6 Å². The molecule has 0 unspecified atom stereocenters. The number of carbonyl (C=O) groups excluding carboxylic acids is 1. The molecular formula is C17H24N6O. The average Bonchev–Trinajstić information content (AvgIpc) is 3.03. The van der Waals surface area contributed by atoms with Crippen molar-refractivity contribution in [3.8, 4) is 5.69 Å². The minimum absolute atomic E-state index is 0.0763. The van der Waals surface area contributed by atoms with Gasteiger partial charge in [0.05, 0.1) is 5.69 Å². The first-order chi connectivity index (χ1) is 11.8. The smallest absolute Gasteiger partial charge is 0.251 e. The number of nitrogens with one attached hydrogen (secondary N) is 2. The Balaban J connectivity index is 1.46. The van der Waals surface area contributed by atoms with E-state index in [1.807, 2.05) is 12.1 Å². The fraction of sp³-hybridized carbons (Fsp3) is 0.529. The van der Waals surface area contributed by atoms with Crippen molar-refractivity contribution in [2.75, 3.05) is 13.1 Å². The zero-order valence-electron chi connectivity index (χ0n) is 13.8. The summed E-state index contributed by atoms with van der Waals surface area (Å²) in [6, 6.07) is 7.87. The van der Waals surface area contributed by atoms with Gasteiger partial charge in [-0.3, -0.25) is 4.79 Å². The Morgan fingerprint density at radius 3 is 2.75 bits per heavy atom. The molecule has 7 nitrogen and oxygen atoms in total. The van der Waals surface area contributed by atoms with Crippen LogP contribution in [0, 0.1) is 0 Å². The van der Waals surface area contributed by atoms with Crippen molar-refractivity contribution in [3.63, 3.8) is 0 Å². The maximum atomic E-state index is 12.3. The van der Waals surface area contributed by atoms with Crippen molar-refractivity contribution in [2.24, 2.45) is 0 Å². The highest BCUT2D eigenvalue weighted by Gasteiger charge is 2.11. The highest BCUT2D eigenvalue weighted by molar-refractivity contribution is 5.94. The van der Waals surface area contributed by atoms with Crippen LogP contribution in [0.1, 0.15) is 48.9 Å². The molecule has 24 heavy (non-hydrogen) atoms. The Kier molecular flexibility index (Phi) is 5.90. The molecule has 1 aromatic carbocycles. The van der Waals surface area contributed by atoms with Gasteiger partial charge in [0.1, 0.15) is 6.33 Å². The third-order valence-corrected chi connectivity index (χ3v) is 4.42. The largest absolute Gasteiger partial charge is 0.351 e. The number of nitrogens with zero attached hydrogens (tertiary/aromatic N) is 4. The van der Waals surface area contributed by atoms with Crippen LogP contribution in [0.15, 0.2) is 30.6 Å². The molecule has 0 atom stereocenters. The highest BCUT2D eigenvalue weighted by Crippen LogP contribution is 2.16. The van der Waals surface area contributed by atoms with E-state index in [0.29, 0.717) is 18.2 Å². The van der Waals surface area contributed by atoms with Crippen molar-refractivity contribution in [1.29, 1.82) is 0 Å². The normalized spacial score (nSPS) is 15.8. The number of carbonyl (C=O) groups is 1. The van der Waals surface area contributed by atoms with E-state index in [9.17, 15) is 4.79 Å². The van der Waals surface area contributed by atoms with E-state index >= 15 is 0 Å². The average molecular weight is 328 g/mol. The van der Waals surface area contributed by atoms with Crippen LogP contribution < -0.4 is 10.6 Å². The first-order valence-corrected chi connectivity index (χ1v) is 8.68.